The van der Waals surface area contributed by atoms with Gasteiger partial charge < -0.3 is 5.73 Å². The first-order chi connectivity index (χ1) is 7.87. The highest BCUT2D eigenvalue weighted by atomic mass is 32.2. The maximum Gasteiger partial charge on any atom is 0.501 e. The van der Waals surface area contributed by atoms with Crippen LogP contribution in [0.2, 0.25) is 0 Å². The summed E-state index contributed by atoms with van der Waals surface area (Å²) in [6.45, 7) is 0. The van der Waals surface area contributed by atoms with Crippen LogP contribution in [0.1, 0.15) is 0 Å². The van der Waals surface area contributed by atoms with Gasteiger partial charge in [-0.3, -0.25) is 5.14 Å². The van der Waals surface area contributed by atoms with Gasteiger partial charge in [-0.1, -0.05) is 0 Å². The molecule has 0 saturated heterocycles. The molecule has 1 rings (SSSR count). The zero-order valence-electron chi connectivity index (χ0n) is 8.77. The molecule has 0 heterocycles. The van der Waals surface area contributed by atoms with Gasteiger partial charge >= 0.3 is 5.51 Å². The van der Waals surface area contributed by atoms with Crippen LogP contribution in [-0.2, 0) is 19.5 Å². The Morgan fingerprint density at radius 2 is 1.67 bits per heavy atom. The molecule has 0 radical (unpaired) electrons. The first kappa shape index (κ1) is 14.8. The lowest BCUT2D eigenvalue weighted by Gasteiger charge is -2.12. The second kappa shape index (κ2) is 4.14. The number of rotatable bonds is 2. The second-order valence-corrected chi connectivity index (χ2v) is 7.21. The van der Waals surface area contributed by atoms with E-state index < -0.39 is 35.6 Å². The van der Waals surface area contributed by atoms with Crippen molar-refractivity contribution in [2.24, 2.45) is 5.14 Å². The van der Waals surface area contributed by atoms with Crippen molar-refractivity contribution in [1.82, 2.24) is 0 Å². The molecule has 1 atom stereocenters. The normalized spacial score (nSPS) is 16.2. The van der Waals surface area contributed by atoms with Gasteiger partial charge in [-0.05, 0) is 24.1 Å². The van der Waals surface area contributed by atoms with Crippen molar-refractivity contribution in [3.8, 4) is 0 Å². The Kier molecular flexibility index (Phi) is 3.40. The number of anilines is 1. The lowest BCUT2D eigenvalue weighted by atomic mass is 10.3. The molecule has 18 heavy (non-hydrogen) atoms. The quantitative estimate of drug-likeness (QED) is 0.613. The Bertz CT molecular complexity index is 678. The fraction of sp³-hybridized carbons (Fsp3) is 0.125. The van der Waals surface area contributed by atoms with Gasteiger partial charge in [0, 0.05) is 4.90 Å². The standard InChI is InChI=1S/C8H9F3N2O3S2/c1-17(13,14)5-2-3-6(12)7(4-5)18(15,16)8(9,10)11/h2-4H,1,12H2,(H2,13,14). The van der Waals surface area contributed by atoms with Crippen molar-refractivity contribution in [3.63, 3.8) is 0 Å². The van der Waals surface area contributed by atoms with E-state index in [1.54, 1.807) is 0 Å². The molecule has 1 aromatic rings. The molecular weight excluding hydrogens is 293 g/mol. The van der Waals surface area contributed by atoms with Gasteiger partial charge in [0.2, 0.25) is 0 Å². The lowest BCUT2D eigenvalue weighted by molar-refractivity contribution is -0.0435. The average Bonchev–Trinajstić information content (AvgIpc) is 2.14. The topological polar surface area (TPSA) is 103 Å². The Hall–Kier alpha value is -1.26. The number of halogens is 3. The van der Waals surface area contributed by atoms with E-state index in [9.17, 15) is 25.8 Å². The van der Waals surface area contributed by atoms with Crippen molar-refractivity contribution in [1.29, 1.82) is 0 Å². The van der Waals surface area contributed by atoms with Gasteiger partial charge in [0.15, 0.2) is 0 Å². The van der Waals surface area contributed by atoms with E-state index in [0.29, 0.717) is 6.07 Å². The minimum absolute atomic E-state index is 0.334. The molecule has 0 aliphatic carbocycles. The molecule has 10 heteroatoms. The van der Waals surface area contributed by atoms with Crippen molar-refractivity contribution in [3.05, 3.63) is 18.2 Å². The summed E-state index contributed by atoms with van der Waals surface area (Å²) in [5.74, 6) is 3.04. The van der Waals surface area contributed by atoms with Crippen molar-refractivity contribution in [2.45, 2.75) is 15.3 Å². The summed E-state index contributed by atoms with van der Waals surface area (Å²) in [6.07, 6.45) is 0. The van der Waals surface area contributed by atoms with E-state index in [0.717, 1.165) is 12.1 Å². The number of hydrogen-bond donors (Lipinski definition) is 2. The van der Waals surface area contributed by atoms with Gasteiger partial charge in [0.05, 0.1) is 15.4 Å². The van der Waals surface area contributed by atoms with Crippen LogP contribution in [0.4, 0.5) is 18.9 Å². The summed E-state index contributed by atoms with van der Waals surface area (Å²) in [5.41, 5.74) is -0.933. The number of hydrogen-bond acceptors (Lipinski definition) is 4. The van der Waals surface area contributed by atoms with Crippen LogP contribution in [0.25, 0.3) is 0 Å². The van der Waals surface area contributed by atoms with Crippen molar-refractivity contribution < 1.29 is 25.8 Å². The van der Waals surface area contributed by atoms with Crippen LogP contribution < -0.4 is 10.9 Å². The van der Waals surface area contributed by atoms with Gasteiger partial charge in [0.1, 0.15) is 4.90 Å². The maximum atomic E-state index is 12.4. The summed E-state index contributed by atoms with van der Waals surface area (Å²) in [6, 6.07) is 2.46. The van der Waals surface area contributed by atoms with Crippen molar-refractivity contribution >= 4 is 31.1 Å². The summed E-state index contributed by atoms with van der Waals surface area (Å²) in [4.78, 5) is -1.52. The molecule has 1 unspecified atom stereocenters. The molecule has 0 amide bonds. The monoisotopic (exact) mass is 302 g/mol. The molecule has 0 aromatic heterocycles. The predicted molar refractivity (Wildman–Crippen MR) is 61.8 cm³/mol. The van der Waals surface area contributed by atoms with Crippen LogP contribution in [0.15, 0.2) is 28.0 Å². The van der Waals surface area contributed by atoms with Crippen LogP contribution in [0, 0.1) is 0 Å². The van der Waals surface area contributed by atoms with Crippen LogP contribution >= 0.6 is 0 Å². The second-order valence-electron chi connectivity index (χ2n) is 3.38. The zero-order valence-corrected chi connectivity index (χ0v) is 10.4. The Labute approximate surface area is 102 Å². The van der Waals surface area contributed by atoms with E-state index in [2.05, 4.69) is 5.87 Å². The van der Waals surface area contributed by atoms with Crippen LogP contribution in [0.5, 0.6) is 0 Å². The highest BCUT2D eigenvalue weighted by molar-refractivity contribution is 7.98. The zero-order chi connectivity index (χ0) is 14.4. The third-order valence-electron chi connectivity index (χ3n) is 1.98. The Morgan fingerprint density at radius 3 is 2.06 bits per heavy atom. The third kappa shape index (κ3) is 2.60. The van der Waals surface area contributed by atoms with E-state index in [1.807, 2.05) is 0 Å². The smallest absolute Gasteiger partial charge is 0.398 e. The Morgan fingerprint density at radius 1 is 1.17 bits per heavy atom. The molecule has 4 N–H and O–H groups in total. The molecule has 0 saturated carbocycles. The average molecular weight is 302 g/mol. The van der Waals surface area contributed by atoms with Gasteiger partial charge in [-0.25, -0.2) is 12.6 Å². The lowest BCUT2D eigenvalue weighted by Crippen LogP contribution is -2.25. The van der Waals surface area contributed by atoms with E-state index in [4.69, 9.17) is 10.9 Å². The van der Waals surface area contributed by atoms with Gasteiger partial charge in [0.25, 0.3) is 9.84 Å². The highest BCUT2D eigenvalue weighted by Gasteiger charge is 2.48. The van der Waals surface area contributed by atoms with Gasteiger partial charge in [-0.2, -0.15) is 13.2 Å². The fourth-order valence-electron chi connectivity index (χ4n) is 1.09. The number of sulfone groups is 1. The minimum Gasteiger partial charge on any atom is -0.398 e. The molecule has 5 nitrogen and oxygen atoms in total. The third-order valence-corrected chi connectivity index (χ3v) is 4.57. The Balaban J connectivity index is 3.63. The SMILES string of the molecule is C=S(N)(=O)c1ccc(N)c(S(=O)(=O)C(F)(F)F)c1. The minimum atomic E-state index is -5.62. The summed E-state index contributed by atoms with van der Waals surface area (Å²) in [5, 5.41) is 5.13. The molecule has 0 fully saturated rings. The van der Waals surface area contributed by atoms with Crippen molar-refractivity contribution in [2.75, 3.05) is 5.73 Å². The summed E-state index contributed by atoms with van der Waals surface area (Å²) < 4.78 is 70.9. The van der Waals surface area contributed by atoms with E-state index >= 15 is 0 Å². The predicted octanol–water partition coefficient (Wildman–Crippen LogP) is 0.511. The summed E-state index contributed by atoms with van der Waals surface area (Å²) in [7, 11) is -8.96. The molecule has 102 valence electrons. The molecule has 0 bridgehead atoms. The van der Waals surface area contributed by atoms with Crippen LogP contribution in [-0.4, -0.2) is 24.0 Å². The number of nitrogens with two attached hydrogens (primary N) is 2. The van der Waals surface area contributed by atoms with Crippen LogP contribution in [0.3, 0.4) is 0 Å². The van der Waals surface area contributed by atoms with E-state index in [-0.39, 0.29) is 4.90 Å². The maximum absolute atomic E-state index is 12.4. The summed E-state index contributed by atoms with van der Waals surface area (Å²) >= 11 is 0. The molecule has 0 aliphatic heterocycles. The fourth-order valence-corrected chi connectivity index (χ4v) is 2.69. The van der Waals surface area contributed by atoms with E-state index in [1.165, 1.54) is 0 Å². The molecule has 1 aromatic carbocycles. The number of alkyl halides is 3. The first-order valence-corrected chi connectivity index (χ1v) is 7.50. The number of benzene rings is 1. The molecule has 0 spiro atoms. The highest BCUT2D eigenvalue weighted by Crippen LogP contribution is 2.34. The molecule has 0 aliphatic rings. The van der Waals surface area contributed by atoms with Gasteiger partial charge in [-0.15, -0.1) is 0 Å². The largest absolute Gasteiger partial charge is 0.501 e. The number of nitrogen functional groups attached to an aromatic ring is 1. The molecular formula is C8H9F3N2O3S2. The first-order valence-electron chi connectivity index (χ1n) is 4.23.